The second-order valence-corrected chi connectivity index (χ2v) is 2.94. The average molecular weight is 186 g/mol. The maximum Gasteiger partial charge on any atom is 0.0316 e. The Morgan fingerprint density at radius 2 is 1.71 bits per heavy atom. The molecule has 1 aromatic carbocycles. The highest BCUT2D eigenvalue weighted by Gasteiger charge is 1.81. The van der Waals surface area contributed by atoms with Crippen molar-refractivity contribution in [3.8, 4) is 0 Å². The maximum absolute atomic E-state index is 5.46. The van der Waals surface area contributed by atoms with Crippen molar-refractivity contribution in [2.45, 2.75) is 6.92 Å². The summed E-state index contributed by atoms with van der Waals surface area (Å²) < 4.78 is 0. The molecule has 1 heterocycles. The van der Waals surface area contributed by atoms with Crippen molar-refractivity contribution in [3.63, 3.8) is 0 Å². The Bertz CT molecular complexity index is 314. The van der Waals surface area contributed by atoms with Crippen LogP contribution in [0.25, 0.3) is 0 Å². The molecule has 2 N–H and O–H groups in total. The number of rotatable bonds is 0. The first-order valence-electron chi connectivity index (χ1n) is 4.46. The van der Waals surface area contributed by atoms with Gasteiger partial charge in [-0.25, -0.2) is 0 Å². The predicted molar refractivity (Wildman–Crippen MR) is 59.8 cm³/mol. The van der Waals surface area contributed by atoms with Crippen LogP contribution in [-0.4, -0.2) is 4.98 Å². The zero-order valence-electron chi connectivity index (χ0n) is 8.22. The smallest absolute Gasteiger partial charge is 0.0316 e. The summed E-state index contributed by atoms with van der Waals surface area (Å²) >= 11 is 0. The number of nitrogen functional groups attached to an aromatic ring is 1. The van der Waals surface area contributed by atoms with E-state index in [1.165, 1.54) is 5.56 Å². The van der Waals surface area contributed by atoms with Gasteiger partial charge in [-0.1, -0.05) is 18.2 Å². The highest BCUT2D eigenvalue weighted by Crippen LogP contribution is 2.03. The van der Waals surface area contributed by atoms with Gasteiger partial charge in [0.25, 0.3) is 0 Å². The third kappa shape index (κ3) is 4.26. The largest absolute Gasteiger partial charge is 0.399 e. The minimum absolute atomic E-state index is 0.838. The normalized spacial score (nSPS) is 8.64. The fraction of sp³-hybridized carbons (Fsp3) is 0.0833. The van der Waals surface area contributed by atoms with E-state index in [0.717, 1.165) is 5.69 Å². The first-order valence-corrected chi connectivity index (χ1v) is 4.46. The van der Waals surface area contributed by atoms with Crippen molar-refractivity contribution in [3.05, 3.63) is 60.4 Å². The van der Waals surface area contributed by atoms with Crippen molar-refractivity contribution in [1.82, 2.24) is 4.98 Å². The fourth-order valence-electron chi connectivity index (χ4n) is 0.983. The molecule has 2 aromatic rings. The molecule has 0 fully saturated rings. The number of nitrogens with zero attached hydrogens (tertiary/aromatic N) is 1. The zero-order valence-corrected chi connectivity index (χ0v) is 8.22. The molecule has 2 rings (SSSR count). The molecular formula is C12H14N2. The van der Waals surface area contributed by atoms with Crippen LogP contribution in [0.15, 0.2) is 54.9 Å². The van der Waals surface area contributed by atoms with Crippen LogP contribution in [-0.2, 0) is 0 Å². The third-order valence-electron chi connectivity index (χ3n) is 1.61. The lowest BCUT2D eigenvalue weighted by Crippen LogP contribution is -1.82. The molecule has 0 aliphatic rings. The Morgan fingerprint density at radius 1 is 1.00 bits per heavy atom. The number of benzene rings is 1. The Balaban J connectivity index is 0.000000146. The van der Waals surface area contributed by atoms with Gasteiger partial charge in [-0.15, -0.1) is 0 Å². The van der Waals surface area contributed by atoms with E-state index in [1.54, 1.807) is 12.4 Å². The number of anilines is 1. The molecule has 1 aromatic heterocycles. The summed E-state index contributed by atoms with van der Waals surface area (Å²) in [5.41, 5.74) is 7.51. The van der Waals surface area contributed by atoms with Crippen molar-refractivity contribution < 1.29 is 0 Å². The van der Waals surface area contributed by atoms with E-state index in [0.29, 0.717) is 0 Å². The van der Waals surface area contributed by atoms with Gasteiger partial charge in [0.1, 0.15) is 0 Å². The lowest BCUT2D eigenvalue weighted by molar-refractivity contribution is 1.33. The van der Waals surface area contributed by atoms with Crippen LogP contribution in [0.3, 0.4) is 0 Å². The first-order chi connectivity index (χ1) is 6.79. The number of aryl methyl sites for hydroxylation is 1. The second kappa shape index (κ2) is 5.75. The molecule has 0 amide bonds. The van der Waals surface area contributed by atoms with E-state index in [4.69, 9.17) is 5.73 Å². The highest BCUT2D eigenvalue weighted by atomic mass is 14.6. The monoisotopic (exact) mass is 186 g/mol. The predicted octanol–water partition coefficient (Wildman–Crippen LogP) is 2.66. The number of hydrogen-bond donors (Lipinski definition) is 1. The van der Waals surface area contributed by atoms with Crippen LogP contribution >= 0.6 is 0 Å². The molecule has 2 heteroatoms. The molecule has 0 aliphatic heterocycles. The zero-order chi connectivity index (χ0) is 10.2. The van der Waals surface area contributed by atoms with Crippen LogP contribution in [0.2, 0.25) is 0 Å². The van der Waals surface area contributed by atoms with Crippen molar-refractivity contribution in [2.24, 2.45) is 0 Å². The van der Waals surface area contributed by atoms with Gasteiger partial charge in [0.15, 0.2) is 0 Å². The lowest BCUT2D eigenvalue weighted by atomic mass is 10.2. The summed E-state index contributed by atoms with van der Waals surface area (Å²) in [4.78, 5) is 3.78. The van der Waals surface area contributed by atoms with Crippen molar-refractivity contribution in [2.75, 3.05) is 5.73 Å². The topological polar surface area (TPSA) is 38.9 Å². The quantitative estimate of drug-likeness (QED) is 0.642. The number of aromatic nitrogens is 1. The van der Waals surface area contributed by atoms with Gasteiger partial charge in [0.2, 0.25) is 0 Å². The molecule has 0 unspecified atom stereocenters. The van der Waals surface area contributed by atoms with Crippen molar-refractivity contribution >= 4 is 5.69 Å². The summed E-state index contributed by atoms with van der Waals surface area (Å²) in [6.07, 6.45) is 3.50. The standard InChI is InChI=1S/C7H9N.C5H5N/c1-6-3-2-4-7(8)5-6;1-2-4-6-5-3-1/h2-5H,8H2,1H3;1-5H. The van der Waals surface area contributed by atoms with E-state index >= 15 is 0 Å². The van der Waals surface area contributed by atoms with Crippen LogP contribution < -0.4 is 5.73 Å². The first kappa shape index (κ1) is 10.3. The molecule has 0 radical (unpaired) electrons. The molecule has 14 heavy (non-hydrogen) atoms. The summed E-state index contributed by atoms with van der Waals surface area (Å²) in [5.74, 6) is 0. The number of hydrogen-bond acceptors (Lipinski definition) is 2. The molecular weight excluding hydrogens is 172 g/mol. The van der Waals surface area contributed by atoms with Gasteiger partial charge in [-0.3, -0.25) is 4.98 Å². The molecule has 0 bridgehead atoms. The minimum Gasteiger partial charge on any atom is -0.399 e. The van der Waals surface area contributed by atoms with E-state index in [2.05, 4.69) is 4.98 Å². The maximum atomic E-state index is 5.46. The van der Waals surface area contributed by atoms with Gasteiger partial charge in [0.05, 0.1) is 0 Å². The summed E-state index contributed by atoms with van der Waals surface area (Å²) in [6.45, 7) is 2.02. The lowest BCUT2D eigenvalue weighted by Gasteiger charge is -1.91. The third-order valence-corrected chi connectivity index (χ3v) is 1.61. The van der Waals surface area contributed by atoms with Gasteiger partial charge in [-0.2, -0.15) is 0 Å². The van der Waals surface area contributed by atoms with Crippen LogP contribution in [0.1, 0.15) is 5.56 Å². The molecule has 0 saturated heterocycles. The van der Waals surface area contributed by atoms with E-state index in [1.807, 2.05) is 49.4 Å². The molecule has 0 aliphatic carbocycles. The second-order valence-electron chi connectivity index (χ2n) is 2.94. The highest BCUT2D eigenvalue weighted by molar-refractivity contribution is 5.39. The van der Waals surface area contributed by atoms with E-state index in [-0.39, 0.29) is 0 Å². The molecule has 72 valence electrons. The van der Waals surface area contributed by atoms with Crippen LogP contribution in [0.5, 0.6) is 0 Å². The molecule has 0 saturated carbocycles. The SMILES string of the molecule is Cc1cccc(N)c1.c1ccncc1. The fourth-order valence-corrected chi connectivity index (χ4v) is 0.983. The van der Waals surface area contributed by atoms with Crippen LogP contribution in [0, 0.1) is 6.92 Å². The molecule has 0 spiro atoms. The van der Waals surface area contributed by atoms with Crippen molar-refractivity contribution in [1.29, 1.82) is 0 Å². The van der Waals surface area contributed by atoms with E-state index in [9.17, 15) is 0 Å². The van der Waals surface area contributed by atoms with Gasteiger partial charge in [0, 0.05) is 18.1 Å². The summed E-state index contributed by atoms with van der Waals surface area (Å²) in [5, 5.41) is 0. The van der Waals surface area contributed by atoms with Gasteiger partial charge in [-0.05, 0) is 36.8 Å². The Hall–Kier alpha value is -1.83. The number of pyridine rings is 1. The molecule has 2 nitrogen and oxygen atoms in total. The minimum atomic E-state index is 0.838. The van der Waals surface area contributed by atoms with Crippen LogP contribution in [0.4, 0.5) is 5.69 Å². The van der Waals surface area contributed by atoms with E-state index < -0.39 is 0 Å². The van der Waals surface area contributed by atoms with Gasteiger partial charge >= 0.3 is 0 Å². The Labute approximate surface area is 84.4 Å². The Morgan fingerprint density at radius 3 is 2.00 bits per heavy atom. The number of nitrogens with two attached hydrogens (primary N) is 1. The average Bonchev–Trinajstić information content (AvgIpc) is 2.21. The molecule has 0 atom stereocenters. The summed E-state index contributed by atoms with van der Waals surface area (Å²) in [7, 11) is 0. The van der Waals surface area contributed by atoms with Gasteiger partial charge < -0.3 is 5.73 Å². The Kier molecular flexibility index (Phi) is 4.21. The summed E-state index contributed by atoms with van der Waals surface area (Å²) in [6, 6.07) is 13.5.